The molecule has 0 N–H and O–H groups in total. The number of rotatable bonds is 2. The quantitative estimate of drug-likeness (QED) is 0.672. The summed E-state index contributed by atoms with van der Waals surface area (Å²) in [7, 11) is 3.78. The highest BCUT2D eigenvalue weighted by Gasteiger charge is 2.31. The summed E-state index contributed by atoms with van der Waals surface area (Å²) in [5, 5.41) is 8.96. The molecule has 1 aliphatic rings. The number of carbonyl (C=O) groups excluding carboxylic acids is 1. The first-order valence-electron chi connectivity index (χ1n) is 5.31. The van der Waals surface area contributed by atoms with Gasteiger partial charge >= 0.3 is 0 Å². The summed E-state index contributed by atoms with van der Waals surface area (Å²) in [5.41, 5.74) is -0.227. The highest BCUT2D eigenvalue weighted by atomic mass is 16.2. The Morgan fingerprint density at radius 1 is 1.47 bits per heavy atom. The molecule has 0 aliphatic carbocycles. The van der Waals surface area contributed by atoms with Crippen LogP contribution in [0.25, 0.3) is 0 Å². The van der Waals surface area contributed by atoms with E-state index in [1.165, 1.54) is 0 Å². The molecular formula is C11H19N3O. The van der Waals surface area contributed by atoms with Crippen molar-refractivity contribution < 1.29 is 4.79 Å². The molecular weight excluding hydrogens is 190 g/mol. The first kappa shape index (κ1) is 12.0. The first-order chi connectivity index (χ1) is 6.97. The van der Waals surface area contributed by atoms with Crippen LogP contribution in [0.2, 0.25) is 0 Å². The van der Waals surface area contributed by atoms with E-state index in [2.05, 4.69) is 6.07 Å². The third kappa shape index (κ3) is 3.21. The molecule has 4 nitrogen and oxygen atoms in total. The lowest BCUT2D eigenvalue weighted by Crippen LogP contribution is -2.44. The van der Waals surface area contributed by atoms with Crippen LogP contribution in [-0.2, 0) is 4.79 Å². The molecule has 1 heterocycles. The van der Waals surface area contributed by atoms with Crippen molar-refractivity contribution in [3.05, 3.63) is 0 Å². The molecule has 0 spiro atoms. The topological polar surface area (TPSA) is 47.3 Å². The summed E-state index contributed by atoms with van der Waals surface area (Å²) in [6.07, 6.45) is 1.59. The average Bonchev–Trinajstić information content (AvgIpc) is 2.18. The summed E-state index contributed by atoms with van der Waals surface area (Å²) < 4.78 is 0. The van der Waals surface area contributed by atoms with Gasteiger partial charge in [0.05, 0.1) is 18.0 Å². The number of hydrogen-bond acceptors (Lipinski definition) is 3. The molecule has 0 saturated carbocycles. The fraction of sp³-hybridized carbons (Fsp3) is 0.818. The van der Waals surface area contributed by atoms with E-state index in [9.17, 15) is 4.79 Å². The molecule has 0 aromatic carbocycles. The van der Waals surface area contributed by atoms with Gasteiger partial charge in [-0.1, -0.05) is 0 Å². The van der Waals surface area contributed by atoms with Gasteiger partial charge in [0.1, 0.15) is 0 Å². The maximum atomic E-state index is 11.7. The predicted octanol–water partition coefficient (Wildman–Crippen LogP) is 0.700. The Morgan fingerprint density at radius 2 is 2.00 bits per heavy atom. The number of carbonyl (C=O) groups is 1. The second kappa shape index (κ2) is 4.63. The molecule has 0 aromatic rings. The van der Waals surface area contributed by atoms with Crippen LogP contribution in [0, 0.1) is 16.7 Å². The van der Waals surface area contributed by atoms with Crippen LogP contribution in [0.1, 0.15) is 19.8 Å². The van der Waals surface area contributed by atoms with E-state index >= 15 is 0 Å². The van der Waals surface area contributed by atoms with E-state index in [0.717, 1.165) is 25.9 Å². The molecule has 4 heteroatoms. The van der Waals surface area contributed by atoms with Crippen molar-refractivity contribution in [3.63, 3.8) is 0 Å². The minimum absolute atomic E-state index is 0.167. The maximum Gasteiger partial charge on any atom is 0.236 e. The molecule has 15 heavy (non-hydrogen) atoms. The van der Waals surface area contributed by atoms with Crippen molar-refractivity contribution in [2.24, 2.45) is 5.41 Å². The predicted molar refractivity (Wildman–Crippen MR) is 58.1 cm³/mol. The van der Waals surface area contributed by atoms with Gasteiger partial charge in [0.15, 0.2) is 0 Å². The van der Waals surface area contributed by atoms with Crippen molar-refractivity contribution in [1.29, 1.82) is 5.26 Å². The smallest absolute Gasteiger partial charge is 0.236 e. The standard InChI is InChI=1S/C11H19N3O/c1-11(9-12)4-6-14(7-5-11)10(15)8-13(2)3/h4-8H2,1-3H3. The van der Waals surface area contributed by atoms with E-state index in [4.69, 9.17) is 5.26 Å². The zero-order chi connectivity index (χ0) is 11.5. The van der Waals surface area contributed by atoms with E-state index in [1.807, 2.05) is 30.8 Å². The lowest BCUT2D eigenvalue weighted by molar-refractivity contribution is -0.133. The van der Waals surface area contributed by atoms with Gasteiger partial charge in [-0.15, -0.1) is 0 Å². The van der Waals surface area contributed by atoms with Gasteiger partial charge in [0.25, 0.3) is 0 Å². The van der Waals surface area contributed by atoms with E-state index < -0.39 is 0 Å². The first-order valence-corrected chi connectivity index (χ1v) is 5.31. The highest BCUT2D eigenvalue weighted by molar-refractivity contribution is 5.78. The van der Waals surface area contributed by atoms with Gasteiger partial charge < -0.3 is 9.80 Å². The van der Waals surface area contributed by atoms with Gasteiger partial charge in [0.2, 0.25) is 5.91 Å². The molecule has 1 fully saturated rings. The number of likely N-dealkylation sites (N-methyl/N-ethyl adjacent to an activating group) is 1. The highest BCUT2D eigenvalue weighted by Crippen LogP contribution is 2.29. The summed E-state index contributed by atoms with van der Waals surface area (Å²) in [5.74, 6) is 0.167. The van der Waals surface area contributed by atoms with Gasteiger partial charge in [0, 0.05) is 13.1 Å². The van der Waals surface area contributed by atoms with Crippen LogP contribution < -0.4 is 0 Å². The number of hydrogen-bond donors (Lipinski definition) is 0. The van der Waals surface area contributed by atoms with Crippen LogP contribution in [0.3, 0.4) is 0 Å². The van der Waals surface area contributed by atoms with E-state index in [0.29, 0.717) is 6.54 Å². The molecule has 0 radical (unpaired) electrons. The maximum absolute atomic E-state index is 11.7. The molecule has 1 aliphatic heterocycles. The van der Waals surface area contributed by atoms with Crippen molar-refractivity contribution in [1.82, 2.24) is 9.80 Å². The molecule has 0 bridgehead atoms. The normalized spacial score (nSPS) is 20.1. The van der Waals surface area contributed by atoms with Crippen LogP contribution in [0.4, 0.5) is 0 Å². The number of nitriles is 1. The molecule has 0 unspecified atom stereocenters. The Morgan fingerprint density at radius 3 is 2.40 bits per heavy atom. The lowest BCUT2D eigenvalue weighted by atomic mass is 9.82. The van der Waals surface area contributed by atoms with Gasteiger partial charge in [-0.25, -0.2) is 0 Å². The molecule has 1 saturated heterocycles. The molecule has 0 aromatic heterocycles. The Hall–Kier alpha value is -1.08. The van der Waals surface area contributed by atoms with Gasteiger partial charge in [-0.2, -0.15) is 5.26 Å². The number of nitrogens with zero attached hydrogens (tertiary/aromatic N) is 3. The second-order valence-electron chi connectivity index (χ2n) is 4.79. The Kier molecular flexibility index (Phi) is 3.70. The SMILES string of the molecule is CN(C)CC(=O)N1CCC(C)(C#N)CC1. The van der Waals surface area contributed by atoms with Crippen molar-refractivity contribution >= 4 is 5.91 Å². The Bertz CT molecular complexity index is 272. The lowest BCUT2D eigenvalue weighted by Gasteiger charge is -2.35. The monoisotopic (exact) mass is 209 g/mol. The number of amides is 1. The van der Waals surface area contributed by atoms with Crippen molar-refractivity contribution in [2.75, 3.05) is 33.7 Å². The summed E-state index contributed by atoms with van der Waals surface area (Å²) in [6, 6.07) is 2.33. The van der Waals surface area contributed by atoms with Gasteiger partial charge in [-0.3, -0.25) is 4.79 Å². The Labute approximate surface area is 91.5 Å². The molecule has 0 atom stereocenters. The van der Waals surface area contributed by atoms with Crippen molar-refractivity contribution in [2.45, 2.75) is 19.8 Å². The van der Waals surface area contributed by atoms with Crippen LogP contribution >= 0.6 is 0 Å². The van der Waals surface area contributed by atoms with Gasteiger partial charge in [-0.05, 0) is 33.9 Å². The summed E-state index contributed by atoms with van der Waals surface area (Å²) >= 11 is 0. The van der Waals surface area contributed by atoms with Crippen LogP contribution in [0.5, 0.6) is 0 Å². The van der Waals surface area contributed by atoms with Crippen LogP contribution in [0.15, 0.2) is 0 Å². The zero-order valence-corrected chi connectivity index (χ0v) is 9.79. The fourth-order valence-electron chi connectivity index (χ4n) is 1.73. The summed E-state index contributed by atoms with van der Waals surface area (Å²) in [4.78, 5) is 15.4. The fourth-order valence-corrected chi connectivity index (χ4v) is 1.73. The second-order valence-corrected chi connectivity index (χ2v) is 4.79. The molecule has 1 amide bonds. The summed E-state index contributed by atoms with van der Waals surface area (Å²) in [6.45, 7) is 3.87. The third-order valence-corrected chi connectivity index (χ3v) is 2.94. The third-order valence-electron chi connectivity index (χ3n) is 2.94. The largest absolute Gasteiger partial charge is 0.341 e. The minimum Gasteiger partial charge on any atom is -0.341 e. The molecule has 1 rings (SSSR count). The molecule has 84 valence electrons. The van der Waals surface area contributed by atoms with Crippen LogP contribution in [-0.4, -0.2) is 49.4 Å². The number of piperidine rings is 1. The average molecular weight is 209 g/mol. The minimum atomic E-state index is -0.227. The zero-order valence-electron chi connectivity index (χ0n) is 9.79. The Balaban J connectivity index is 2.44. The van der Waals surface area contributed by atoms with E-state index in [1.54, 1.807) is 0 Å². The van der Waals surface area contributed by atoms with Crippen molar-refractivity contribution in [3.8, 4) is 6.07 Å². The van der Waals surface area contributed by atoms with E-state index in [-0.39, 0.29) is 11.3 Å². The number of likely N-dealkylation sites (tertiary alicyclic amines) is 1.